The first-order valence-corrected chi connectivity index (χ1v) is 9.48. The fraction of sp³-hybridized carbons (Fsp3) is 0.300. The molecule has 3 aromatic rings. The van der Waals surface area contributed by atoms with Crippen molar-refractivity contribution in [3.05, 3.63) is 59.1 Å². The summed E-state index contributed by atoms with van der Waals surface area (Å²) in [4.78, 5) is 19.9. The third kappa shape index (κ3) is 3.00. The lowest BCUT2D eigenvalue weighted by Gasteiger charge is -2.24. The van der Waals surface area contributed by atoms with Gasteiger partial charge in [0, 0.05) is 6.54 Å². The van der Waals surface area contributed by atoms with Crippen molar-refractivity contribution in [1.82, 2.24) is 9.88 Å². The van der Waals surface area contributed by atoms with Crippen LogP contribution in [0, 0.1) is 0 Å². The second kappa shape index (κ2) is 6.84. The predicted molar refractivity (Wildman–Crippen MR) is 100 cm³/mol. The zero-order valence-corrected chi connectivity index (χ0v) is 15.0. The summed E-state index contributed by atoms with van der Waals surface area (Å²) in [6.07, 6.45) is 1.96. The summed E-state index contributed by atoms with van der Waals surface area (Å²) in [7, 11) is 0. The summed E-state index contributed by atoms with van der Waals surface area (Å²) >= 11 is 1.69. The molecule has 0 saturated carbocycles. The van der Waals surface area contributed by atoms with Crippen LogP contribution >= 0.6 is 11.3 Å². The van der Waals surface area contributed by atoms with E-state index in [2.05, 4.69) is 6.07 Å². The van der Waals surface area contributed by atoms with Crippen LogP contribution in [0.2, 0.25) is 0 Å². The lowest BCUT2D eigenvalue weighted by molar-refractivity contribution is 0.0731. The Morgan fingerprint density at radius 3 is 2.88 bits per heavy atom. The van der Waals surface area contributed by atoms with Crippen LogP contribution in [0.25, 0.3) is 10.2 Å². The molecule has 1 aliphatic heterocycles. The molecule has 1 fully saturated rings. The third-order valence-corrected chi connectivity index (χ3v) is 5.66. The number of likely N-dealkylation sites (tertiary alicyclic amines) is 1. The van der Waals surface area contributed by atoms with Gasteiger partial charge < -0.3 is 9.64 Å². The molecule has 2 heterocycles. The monoisotopic (exact) mass is 352 g/mol. The molecule has 1 aromatic heterocycles. The number of carbonyl (C=O) groups excluding carboxylic acids is 1. The van der Waals surface area contributed by atoms with Crippen molar-refractivity contribution >= 4 is 27.5 Å². The van der Waals surface area contributed by atoms with E-state index in [1.807, 2.05) is 54.3 Å². The minimum atomic E-state index is 0.0332. The highest BCUT2D eigenvalue weighted by Crippen LogP contribution is 2.38. The molecule has 0 radical (unpaired) electrons. The van der Waals surface area contributed by atoms with Crippen molar-refractivity contribution < 1.29 is 9.53 Å². The van der Waals surface area contributed by atoms with E-state index in [4.69, 9.17) is 9.72 Å². The van der Waals surface area contributed by atoms with Gasteiger partial charge in [-0.2, -0.15) is 0 Å². The Balaban J connectivity index is 1.66. The zero-order chi connectivity index (χ0) is 17.2. The first kappa shape index (κ1) is 16.1. The Morgan fingerprint density at radius 2 is 2.04 bits per heavy atom. The van der Waals surface area contributed by atoms with E-state index in [0.29, 0.717) is 17.9 Å². The number of carbonyl (C=O) groups is 1. The number of hydrogen-bond donors (Lipinski definition) is 0. The molecular formula is C20H20N2O2S. The fourth-order valence-corrected chi connectivity index (χ4v) is 4.49. The van der Waals surface area contributed by atoms with Crippen molar-refractivity contribution in [1.29, 1.82) is 0 Å². The maximum Gasteiger partial charge on any atom is 0.258 e. The molecule has 0 unspecified atom stereocenters. The van der Waals surface area contributed by atoms with Gasteiger partial charge in [0.15, 0.2) is 0 Å². The van der Waals surface area contributed by atoms with Gasteiger partial charge in [-0.25, -0.2) is 4.98 Å². The lowest BCUT2D eigenvalue weighted by Crippen LogP contribution is -2.30. The van der Waals surface area contributed by atoms with Crippen LogP contribution in [0.5, 0.6) is 5.75 Å². The molecule has 4 rings (SSSR count). The van der Waals surface area contributed by atoms with Crippen LogP contribution in [0.15, 0.2) is 48.5 Å². The van der Waals surface area contributed by atoms with Crippen molar-refractivity contribution in [3.8, 4) is 5.75 Å². The smallest absolute Gasteiger partial charge is 0.258 e. The molecule has 0 aliphatic carbocycles. The summed E-state index contributed by atoms with van der Waals surface area (Å²) in [5, 5.41) is 1.03. The highest BCUT2D eigenvalue weighted by atomic mass is 32.1. The van der Waals surface area contributed by atoms with E-state index in [-0.39, 0.29) is 11.9 Å². The van der Waals surface area contributed by atoms with Gasteiger partial charge in [0.2, 0.25) is 0 Å². The number of ether oxygens (including phenoxy) is 1. The largest absolute Gasteiger partial charge is 0.493 e. The van der Waals surface area contributed by atoms with Crippen LogP contribution in [0.1, 0.15) is 41.2 Å². The summed E-state index contributed by atoms with van der Waals surface area (Å²) in [6.45, 7) is 3.24. The highest BCUT2D eigenvalue weighted by Gasteiger charge is 2.33. The van der Waals surface area contributed by atoms with Gasteiger partial charge in [-0.1, -0.05) is 24.3 Å². The average Bonchev–Trinajstić information content (AvgIpc) is 3.28. The summed E-state index contributed by atoms with van der Waals surface area (Å²) in [5.41, 5.74) is 1.65. The van der Waals surface area contributed by atoms with E-state index in [1.165, 1.54) is 4.70 Å². The number of thiazole rings is 1. The Kier molecular flexibility index (Phi) is 4.40. The molecule has 0 N–H and O–H groups in total. The molecule has 0 spiro atoms. The van der Waals surface area contributed by atoms with E-state index in [9.17, 15) is 4.79 Å². The van der Waals surface area contributed by atoms with Gasteiger partial charge >= 0.3 is 0 Å². The molecular weight excluding hydrogens is 332 g/mol. The maximum absolute atomic E-state index is 13.2. The molecule has 2 aromatic carbocycles. The number of rotatable bonds is 4. The Morgan fingerprint density at radius 1 is 1.24 bits per heavy atom. The van der Waals surface area contributed by atoms with Crippen LogP contribution in [0.4, 0.5) is 0 Å². The van der Waals surface area contributed by atoms with Crippen LogP contribution in [-0.4, -0.2) is 28.9 Å². The van der Waals surface area contributed by atoms with Gasteiger partial charge in [0.1, 0.15) is 10.8 Å². The van der Waals surface area contributed by atoms with Gasteiger partial charge in [-0.3, -0.25) is 4.79 Å². The minimum absolute atomic E-state index is 0.0332. The average molecular weight is 352 g/mol. The van der Waals surface area contributed by atoms with Gasteiger partial charge in [-0.05, 0) is 44.0 Å². The van der Waals surface area contributed by atoms with Gasteiger partial charge in [0.25, 0.3) is 5.91 Å². The Hall–Kier alpha value is -2.40. The van der Waals surface area contributed by atoms with Crippen LogP contribution in [-0.2, 0) is 0 Å². The molecule has 1 saturated heterocycles. The number of amides is 1. The Labute approximate surface area is 151 Å². The van der Waals surface area contributed by atoms with Crippen LogP contribution < -0.4 is 4.74 Å². The molecule has 1 aliphatic rings. The second-order valence-electron chi connectivity index (χ2n) is 6.11. The lowest BCUT2D eigenvalue weighted by atomic mass is 10.1. The number of hydrogen-bond acceptors (Lipinski definition) is 4. The molecule has 5 heteroatoms. The van der Waals surface area contributed by atoms with Crippen molar-refractivity contribution in [2.45, 2.75) is 25.8 Å². The van der Waals surface area contributed by atoms with Crippen molar-refractivity contribution in [3.63, 3.8) is 0 Å². The van der Waals surface area contributed by atoms with E-state index in [0.717, 1.165) is 29.9 Å². The molecule has 4 nitrogen and oxygen atoms in total. The normalized spacial score (nSPS) is 17.2. The third-order valence-electron chi connectivity index (χ3n) is 4.53. The number of nitrogens with zero attached hydrogens (tertiary/aromatic N) is 2. The van der Waals surface area contributed by atoms with Gasteiger partial charge in [-0.15, -0.1) is 11.3 Å². The Bertz CT molecular complexity index is 872. The first-order chi connectivity index (χ1) is 12.3. The van der Waals surface area contributed by atoms with E-state index in [1.54, 1.807) is 11.3 Å². The molecule has 25 heavy (non-hydrogen) atoms. The minimum Gasteiger partial charge on any atom is -0.493 e. The first-order valence-electron chi connectivity index (χ1n) is 8.66. The van der Waals surface area contributed by atoms with Crippen molar-refractivity contribution in [2.75, 3.05) is 13.2 Å². The molecule has 1 amide bonds. The number of fused-ring (bicyclic) bond motifs is 1. The zero-order valence-electron chi connectivity index (χ0n) is 14.1. The summed E-state index contributed by atoms with van der Waals surface area (Å²) < 4.78 is 6.82. The topological polar surface area (TPSA) is 42.4 Å². The van der Waals surface area contributed by atoms with Gasteiger partial charge in [0.05, 0.1) is 28.4 Å². The molecule has 0 bridgehead atoms. The quantitative estimate of drug-likeness (QED) is 0.685. The highest BCUT2D eigenvalue weighted by molar-refractivity contribution is 7.18. The number of para-hydroxylation sites is 2. The molecule has 128 valence electrons. The number of aromatic nitrogens is 1. The summed E-state index contributed by atoms with van der Waals surface area (Å²) in [5.74, 6) is 0.691. The van der Waals surface area contributed by atoms with Crippen LogP contribution in [0.3, 0.4) is 0 Å². The fourth-order valence-electron chi connectivity index (χ4n) is 3.38. The maximum atomic E-state index is 13.2. The SMILES string of the molecule is CCOc1ccccc1C(=O)N1CCC[C@H]1c1nc2ccccc2s1. The number of benzene rings is 2. The summed E-state index contributed by atoms with van der Waals surface area (Å²) in [6, 6.07) is 15.7. The van der Waals surface area contributed by atoms with E-state index >= 15 is 0 Å². The van der Waals surface area contributed by atoms with Crippen molar-refractivity contribution in [2.24, 2.45) is 0 Å². The van der Waals surface area contributed by atoms with E-state index < -0.39 is 0 Å². The second-order valence-corrected chi connectivity index (χ2v) is 7.17. The predicted octanol–water partition coefficient (Wildman–Crippen LogP) is 4.67. The molecule has 1 atom stereocenters. The standard InChI is InChI=1S/C20H20N2O2S/c1-2-24-17-11-5-3-8-14(17)20(23)22-13-7-10-16(22)19-21-15-9-4-6-12-18(15)25-19/h3-6,8-9,11-12,16H,2,7,10,13H2,1H3/t16-/m0/s1.